The van der Waals surface area contributed by atoms with Gasteiger partial charge in [0.15, 0.2) is 0 Å². The van der Waals surface area contributed by atoms with Gasteiger partial charge in [-0.15, -0.1) is 0 Å². The fourth-order valence-corrected chi connectivity index (χ4v) is 1.35. The molecule has 0 saturated carbocycles. The molecule has 0 saturated heterocycles. The van der Waals surface area contributed by atoms with Crippen LogP contribution in [-0.2, 0) is 0 Å². The van der Waals surface area contributed by atoms with Gasteiger partial charge in [0.25, 0.3) is 0 Å². The maximum atomic E-state index is 5.70. The van der Waals surface area contributed by atoms with Gasteiger partial charge in [-0.2, -0.15) is 0 Å². The quantitative estimate of drug-likeness (QED) is 0.728. The number of aryl methyl sites for hydroxylation is 1. The lowest BCUT2D eigenvalue weighted by atomic mass is 10.4. The summed E-state index contributed by atoms with van der Waals surface area (Å²) in [4.78, 5) is 8.06. The van der Waals surface area contributed by atoms with E-state index in [0.717, 1.165) is 11.4 Å². The van der Waals surface area contributed by atoms with Crippen LogP contribution in [0.2, 0.25) is 5.15 Å². The zero-order valence-electron chi connectivity index (χ0n) is 7.61. The second-order valence-electron chi connectivity index (χ2n) is 2.95. The Morgan fingerprint density at radius 3 is 2.71 bits per heavy atom. The van der Waals surface area contributed by atoms with Crippen LogP contribution in [0.4, 0.5) is 5.95 Å². The highest BCUT2D eigenvalue weighted by atomic mass is 35.5. The third kappa shape index (κ3) is 1.56. The second-order valence-corrected chi connectivity index (χ2v) is 3.34. The first-order chi connectivity index (χ1) is 6.66. The molecule has 0 aromatic carbocycles. The summed E-state index contributed by atoms with van der Waals surface area (Å²) in [5.74, 6) is 0.451. The summed E-state index contributed by atoms with van der Waals surface area (Å²) in [5, 5.41) is 0.462. The molecular weight excluding hydrogens is 200 g/mol. The van der Waals surface area contributed by atoms with E-state index in [9.17, 15) is 0 Å². The van der Waals surface area contributed by atoms with Crippen LogP contribution in [0.3, 0.4) is 0 Å². The highest BCUT2D eigenvalue weighted by molar-refractivity contribution is 6.29. The first-order valence-corrected chi connectivity index (χ1v) is 4.48. The minimum Gasteiger partial charge on any atom is -0.369 e. The normalized spacial score (nSPS) is 10.4. The summed E-state index contributed by atoms with van der Waals surface area (Å²) < 4.78 is 1.76. The van der Waals surface area contributed by atoms with Crippen molar-refractivity contribution in [3.8, 4) is 5.69 Å². The lowest BCUT2D eigenvalue weighted by Crippen LogP contribution is -1.99. The molecule has 0 aliphatic carbocycles. The summed E-state index contributed by atoms with van der Waals surface area (Å²) in [6.07, 6.45) is 3.50. The van der Waals surface area contributed by atoms with Gasteiger partial charge >= 0.3 is 0 Å². The molecule has 0 atom stereocenters. The molecule has 2 rings (SSSR count). The van der Waals surface area contributed by atoms with Gasteiger partial charge in [0, 0.05) is 6.20 Å². The topological polar surface area (TPSA) is 56.7 Å². The molecule has 0 aliphatic rings. The molecule has 72 valence electrons. The van der Waals surface area contributed by atoms with Crippen molar-refractivity contribution < 1.29 is 0 Å². The molecule has 0 bridgehead atoms. The third-order valence-electron chi connectivity index (χ3n) is 1.84. The SMILES string of the molecule is Cc1cn(-c2ccc(Cl)nc2)c(N)n1. The van der Waals surface area contributed by atoms with E-state index in [4.69, 9.17) is 17.3 Å². The number of nitrogens with zero attached hydrogens (tertiary/aromatic N) is 3. The number of nitrogen functional groups attached to an aromatic ring is 1. The van der Waals surface area contributed by atoms with Crippen molar-refractivity contribution in [1.82, 2.24) is 14.5 Å². The van der Waals surface area contributed by atoms with Crippen molar-refractivity contribution in [3.63, 3.8) is 0 Å². The Bertz CT molecular complexity index is 446. The van der Waals surface area contributed by atoms with Crippen LogP contribution in [0.5, 0.6) is 0 Å². The average molecular weight is 209 g/mol. The number of anilines is 1. The largest absolute Gasteiger partial charge is 0.369 e. The molecule has 0 amide bonds. The Morgan fingerprint density at radius 2 is 2.21 bits per heavy atom. The molecule has 5 heteroatoms. The predicted molar refractivity (Wildman–Crippen MR) is 55.5 cm³/mol. The number of imidazole rings is 1. The molecule has 4 nitrogen and oxygen atoms in total. The molecule has 2 aromatic heterocycles. The molecular formula is C9H9ClN4. The third-order valence-corrected chi connectivity index (χ3v) is 2.07. The van der Waals surface area contributed by atoms with Crippen molar-refractivity contribution in [1.29, 1.82) is 0 Å². The van der Waals surface area contributed by atoms with Crippen molar-refractivity contribution >= 4 is 17.5 Å². The number of pyridine rings is 1. The summed E-state index contributed by atoms with van der Waals surface area (Å²) in [6, 6.07) is 3.55. The van der Waals surface area contributed by atoms with E-state index < -0.39 is 0 Å². The smallest absolute Gasteiger partial charge is 0.205 e. The van der Waals surface area contributed by atoms with E-state index in [0.29, 0.717) is 11.1 Å². The minimum atomic E-state index is 0.451. The summed E-state index contributed by atoms with van der Waals surface area (Å²) in [7, 11) is 0. The molecule has 2 N–H and O–H groups in total. The molecule has 0 spiro atoms. The molecule has 0 unspecified atom stereocenters. The molecule has 2 aromatic rings. The lowest BCUT2D eigenvalue weighted by molar-refractivity contribution is 1.05. The molecule has 0 radical (unpaired) electrons. The van der Waals surface area contributed by atoms with Gasteiger partial charge in [-0.3, -0.25) is 4.57 Å². The second kappa shape index (κ2) is 3.31. The number of rotatable bonds is 1. The highest BCUT2D eigenvalue weighted by Crippen LogP contribution is 2.14. The number of halogens is 1. The van der Waals surface area contributed by atoms with Crippen LogP contribution in [0.15, 0.2) is 24.5 Å². The first kappa shape index (κ1) is 9.02. The maximum absolute atomic E-state index is 5.70. The maximum Gasteiger partial charge on any atom is 0.205 e. The summed E-state index contributed by atoms with van der Waals surface area (Å²) in [6.45, 7) is 1.89. The van der Waals surface area contributed by atoms with Gasteiger partial charge in [0.2, 0.25) is 5.95 Å². The standard InChI is InChI=1S/C9H9ClN4/c1-6-5-14(9(11)13-6)7-2-3-8(10)12-4-7/h2-5H,1H3,(H2,11,13). The van der Waals surface area contributed by atoms with Crippen LogP contribution in [0, 0.1) is 6.92 Å². The predicted octanol–water partition coefficient (Wildman–Crippen LogP) is 1.81. The fourth-order valence-electron chi connectivity index (χ4n) is 1.23. The Morgan fingerprint density at radius 1 is 1.43 bits per heavy atom. The Labute approximate surface area is 86.4 Å². The van der Waals surface area contributed by atoms with E-state index >= 15 is 0 Å². The summed E-state index contributed by atoms with van der Waals surface area (Å²) >= 11 is 5.68. The molecule has 14 heavy (non-hydrogen) atoms. The van der Waals surface area contributed by atoms with Crippen LogP contribution >= 0.6 is 11.6 Å². The zero-order chi connectivity index (χ0) is 10.1. The van der Waals surface area contributed by atoms with E-state index in [2.05, 4.69) is 9.97 Å². The van der Waals surface area contributed by atoms with Crippen LogP contribution < -0.4 is 5.73 Å². The number of hydrogen-bond donors (Lipinski definition) is 1. The van der Waals surface area contributed by atoms with Crippen molar-refractivity contribution in [2.45, 2.75) is 6.92 Å². The van der Waals surface area contributed by atoms with Crippen molar-refractivity contribution in [2.75, 3.05) is 5.73 Å². The zero-order valence-corrected chi connectivity index (χ0v) is 8.36. The van der Waals surface area contributed by atoms with Crippen LogP contribution in [-0.4, -0.2) is 14.5 Å². The monoisotopic (exact) mass is 208 g/mol. The van der Waals surface area contributed by atoms with E-state index in [1.807, 2.05) is 19.2 Å². The Balaban J connectivity index is 2.49. The molecule has 2 heterocycles. The van der Waals surface area contributed by atoms with Gasteiger partial charge in [0.1, 0.15) is 5.15 Å². The van der Waals surface area contributed by atoms with Crippen LogP contribution in [0.25, 0.3) is 5.69 Å². The lowest BCUT2D eigenvalue weighted by Gasteiger charge is -2.02. The number of aromatic nitrogens is 3. The van der Waals surface area contributed by atoms with E-state index in [-0.39, 0.29) is 0 Å². The summed E-state index contributed by atoms with van der Waals surface area (Å²) in [5.41, 5.74) is 7.43. The first-order valence-electron chi connectivity index (χ1n) is 4.10. The van der Waals surface area contributed by atoms with Gasteiger partial charge < -0.3 is 5.73 Å². The van der Waals surface area contributed by atoms with Gasteiger partial charge in [0.05, 0.1) is 17.6 Å². The minimum absolute atomic E-state index is 0.451. The van der Waals surface area contributed by atoms with Gasteiger partial charge in [-0.05, 0) is 19.1 Å². The molecule has 0 fully saturated rings. The Kier molecular flexibility index (Phi) is 2.13. The number of hydrogen-bond acceptors (Lipinski definition) is 3. The Hall–Kier alpha value is -1.55. The molecule has 0 aliphatic heterocycles. The van der Waals surface area contributed by atoms with Crippen molar-refractivity contribution in [2.24, 2.45) is 0 Å². The van der Waals surface area contributed by atoms with E-state index in [1.165, 1.54) is 0 Å². The van der Waals surface area contributed by atoms with Crippen molar-refractivity contribution in [3.05, 3.63) is 35.4 Å². The fraction of sp³-hybridized carbons (Fsp3) is 0.111. The van der Waals surface area contributed by atoms with Gasteiger partial charge in [-0.1, -0.05) is 11.6 Å². The van der Waals surface area contributed by atoms with Gasteiger partial charge in [-0.25, -0.2) is 9.97 Å². The van der Waals surface area contributed by atoms with Crippen LogP contribution in [0.1, 0.15) is 5.69 Å². The average Bonchev–Trinajstić information content (AvgIpc) is 2.47. The van der Waals surface area contributed by atoms with E-state index in [1.54, 1.807) is 16.8 Å². The highest BCUT2D eigenvalue weighted by Gasteiger charge is 2.03. The number of nitrogens with two attached hydrogens (primary N) is 1.